The normalized spacial score (nSPS) is 23.4. The smallest absolute Gasteiger partial charge is 0.253 e. The number of piperidine rings is 1. The van der Waals surface area contributed by atoms with E-state index in [4.69, 9.17) is 0 Å². The first kappa shape index (κ1) is 24.5. The fourth-order valence-electron chi connectivity index (χ4n) is 5.13. The molecular weight excluding hydrogens is 437 g/mol. The van der Waals surface area contributed by atoms with Crippen molar-refractivity contribution in [1.82, 2.24) is 14.5 Å². The molecule has 4 rings (SSSR count). The summed E-state index contributed by atoms with van der Waals surface area (Å²) in [6.07, 6.45) is 5.79. The Morgan fingerprint density at radius 3 is 2.62 bits per heavy atom. The molecule has 0 spiro atoms. The number of aromatic nitrogens is 2. The second kappa shape index (κ2) is 9.58. The van der Waals surface area contributed by atoms with Crippen molar-refractivity contribution in [3.8, 4) is 11.3 Å². The Morgan fingerprint density at radius 1 is 1.29 bits per heavy atom. The number of rotatable bonds is 7. The second-order valence-corrected chi connectivity index (χ2v) is 10.6. The van der Waals surface area contributed by atoms with Crippen LogP contribution >= 0.6 is 0 Å². The molecule has 1 aromatic heterocycles. The van der Waals surface area contributed by atoms with Crippen LogP contribution in [-0.4, -0.2) is 55.9 Å². The molecule has 2 aliphatic rings. The van der Waals surface area contributed by atoms with Crippen molar-refractivity contribution in [2.24, 2.45) is 17.3 Å². The lowest BCUT2D eigenvalue weighted by molar-refractivity contribution is -0.159. The Balaban J connectivity index is 1.47. The molecule has 0 radical (unpaired) electrons. The van der Waals surface area contributed by atoms with Gasteiger partial charge in [-0.1, -0.05) is 45.2 Å². The molecule has 2 atom stereocenters. The lowest BCUT2D eigenvalue weighted by Crippen LogP contribution is -2.61. The summed E-state index contributed by atoms with van der Waals surface area (Å²) in [5.74, 6) is -0.396. The van der Waals surface area contributed by atoms with E-state index < -0.39 is 22.8 Å². The summed E-state index contributed by atoms with van der Waals surface area (Å²) in [6.45, 7) is 4.33. The van der Waals surface area contributed by atoms with E-state index in [1.165, 1.54) is 29.4 Å². The number of carbonyl (C=O) groups is 1. The van der Waals surface area contributed by atoms with Crippen LogP contribution in [0.3, 0.4) is 0 Å². The molecule has 1 unspecified atom stereocenters. The topological polar surface area (TPSA) is 95.7 Å². The van der Waals surface area contributed by atoms with Crippen LogP contribution in [-0.2, 0) is 11.3 Å². The minimum atomic E-state index is -1.24. The van der Waals surface area contributed by atoms with Gasteiger partial charge in [-0.2, -0.15) is 0 Å². The molecule has 184 valence electrons. The molecule has 1 saturated carbocycles. The van der Waals surface area contributed by atoms with Crippen molar-refractivity contribution in [2.45, 2.75) is 58.1 Å². The monoisotopic (exact) mass is 471 g/mol. The summed E-state index contributed by atoms with van der Waals surface area (Å²) in [4.78, 5) is 31.9. The highest BCUT2D eigenvalue weighted by atomic mass is 19.1. The molecule has 7 nitrogen and oxygen atoms in total. The van der Waals surface area contributed by atoms with Crippen LogP contribution in [0.25, 0.3) is 11.3 Å². The molecule has 1 aliphatic heterocycles. The third kappa shape index (κ3) is 4.79. The summed E-state index contributed by atoms with van der Waals surface area (Å²) in [6, 6.07) is 7.41. The lowest BCUT2D eigenvalue weighted by atomic mass is 9.69. The van der Waals surface area contributed by atoms with Crippen molar-refractivity contribution in [2.75, 3.05) is 19.7 Å². The van der Waals surface area contributed by atoms with E-state index in [-0.39, 0.29) is 35.9 Å². The van der Waals surface area contributed by atoms with E-state index in [0.29, 0.717) is 31.8 Å². The molecule has 2 aromatic rings. The maximum absolute atomic E-state index is 14.1. The van der Waals surface area contributed by atoms with Crippen LogP contribution < -0.4 is 5.56 Å². The van der Waals surface area contributed by atoms with Crippen molar-refractivity contribution in [3.63, 3.8) is 0 Å². The standard InChI is InChI=1S/C26H34FN3O4/c1-25(2)15-29(24(33)19(14-31)12-18-6-5-7-18)11-10-26(25,34)16-30-17-28-22(13-23(30)32)20-8-3-4-9-21(20)27/h3-4,8-9,13,17-19,31,34H,5-7,10-12,14-16H2,1-2H3/t19-,26?/m0/s1. The SMILES string of the molecule is CC1(C)CN(C(=O)[C@H](CO)CC2CCC2)CCC1(O)Cn1cnc(-c2ccccc2F)cc1=O. The van der Waals surface area contributed by atoms with Crippen LogP contribution in [0.1, 0.15) is 46.0 Å². The van der Waals surface area contributed by atoms with Gasteiger partial charge in [-0.05, 0) is 30.9 Å². The molecule has 8 heteroatoms. The number of nitrogens with zero attached hydrogens (tertiary/aromatic N) is 3. The highest BCUT2D eigenvalue weighted by Gasteiger charge is 2.49. The molecule has 1 amide bonds. The van der Waals surface area contributed by atoms with Gasteiger partial charge in [-0.25, -0.2) is 9.37 Å². The molecule has 1 aromatic carbocycles. The first-order valence-electron chi connectivity index (χ1n) is 12.1. The quantitative estimate of drug-likeness (QED) is 0.648. The number of aliphatic hydroxyl groups is 2. The molecule has 1 saturated heterocycles. The number of hydrogen-bond acceptors (Lipinski definition) is 5. The first-order chi connectivity index (χ1) is 16.1. The summed E-state index contributed by atoms with van der Waals surface area (Å²) in [7, 11) is 0. The van der Waals surface area contributed by atoms with E-state index in [1.54, 1.807) is 23.1 Å². The fourth-order valence-corrected chi connectivity index (χ4v) is 5.13. The highest BCUT2D eigenvalue weighted by Crippen LogP contribution is 2.41. The van der Waals surface area contributed by atoms with Gasteiger partial charge in [0.2, 0.25) is 5.91 Å². The number of aliphatic hydroxyl groups excluding tert-OH is 1. The van der Waals surface area contributed by atoms with Crippen molar-refractivity contribution in [1.29, 1.82) is 0 Å². The molecular formula is C26H34FN3O4. The Morgan fingerprint density at radius 2 is 2.03 bits per heavy atom. The Bertz CT molecular complexity index is 1100. The first-order valence-corrected chi connectivity index (χ1v) is 12.1. The van der Waals surface area contributed by atoms with Crippen LogP contribution in [0.2, 0.25) is 0 Å². The predicted molar refractivity (Wildman–Crippen MR) is 126 cm³/mol. The van der Waals surface area contributed by atoms with Crippen LogP contribution in [0.15, 0.2) is 41.5 Å². The lowest BCUT2D eigenvalue weighted by Gasteiger charge is -2.51. The van der Waals surface area contributed by atoms with Crippen LogP contribution in [0, 0.1) is 23.1 Å². The van der Waals surface area contributed by atoms with E-state index >= 15 is 0 Å². The number of likely N-dealkylation sites (tertiary alicyclic amines) is 1. The number of amides is 1. The van der Waals surface area contributed by atoms with Gasteiger partial charge in [-0.15, -0.1) is 0 Å². The molecule has 0 bridgehead atoms. The van der Waals surface area contributed by atoms with Gasteiger partial charge in [0.1, 0.15) is 5.82 Å². The fraction of sp³-hybridized carbons (Fsp3) is 0.577. The average Bonchev–Trinajstić information content (AvgIpc) is 2.76. The zero-order valence-corrected chi connectivity index (χ0v) is 19.9. The van der Waals surface area contributed by atoms with Gasteiger partial charge in [0.25, 0.3) is 5.56 Å². The van der Waals surface area contributed by atoms with Crippen molar-refractivity contribution in [3.05, 3.63) is 52.8 Å². The minimum Gasteiger partial charge on any atom is -0.396 e. The third-order valence-corrected chi connectivity index (χ3v) is 7.83. The summed E-state index contributed by atoms with van der Waals surface area (Å²) in [5.41, 5.74) is -1.82. The number of carbonyl (C=O) groups excluding carboxylic acids is 1. The van der Waals surface area contributed by atoms with E-state index in [0.717, 1.165) is 12.8 Å². The molecule has 2 heterocycles. The third-order valence-electron chi connectivity index (χ3n) is 7.83. The summed E-state index contributed by atoms with van der Waals surface area (Å²) >= 11 is 0. The van der Waals surface area contributed by atoms with Gasteiger partial charge in [0.15, 0.2) is 0 Å². The minimum absolute atomic E-state index is 0.0247. The Labute approximate surface area is 199 Å². The van der Waals surface area contributed by atoms with Crippen LogP contribution in [0.5, 0.6) is 0 Å². The molecule has 2 fully saturated rings. The maximum atomic E-state index is 14.1. The predicted octanol–water partition coefficient (Wildman–Crippen LogP) is 2.84. The highest BCUT2D eigenvalue weighted by molar-refractivity contribution is 5.79. The molecule has 1 aliphatic carbocycles. The Kier molecular flexibility index (Phi) is 6.92. The van der Waals surface area contributed by atoms with Crippen molar-refractivity contribution < 1.29 is 19.4 Å². The number of hydrogen-bond donors (Lipinski definition) is 2. The molecule has 2 N–H and O–H groups in total. The van der Waals surface area contributed by atoms with Gasteiger partial charge in [-0.3, -0.25) is 14.2 Å². The summed E-state index contributed by atoms with van der Waals surface area (Å²) in [5, 5.41) is 21.4. The maximum Gasteiger partial charge on any atom is 0.253 e. The zero-order valence-electron chi connectivity index (χ0n) is 19.9. The van der Waals surface area contributed by atoms with E-state index in [1.807, 2.05) is 13.8 Å². The van der Waals surface area contributed by atoms with Gasteiger partial charge >= 0.3 is 0 Å². The Hall–Kier alpha value is -2.58. The van der Waals surface area contributed by atoms with Crippen LogP contribution in [0.4, 0.5) is 4.39 Å². The average molecular weight is 472 g/mol. The molecule has 34 heavy (non-hydrogen) atoms. The summed E-state index contributed by atoms with van der Waals surface area (Å²) < 4.78 is 15.4. The second-order valence-electron chi connectivity index (χ2n) is 10.6. The van der Waals surface area contributed by atoms with E-state index in [2.05, 4.69) is 4.98 Å². The number of halogens is 1. The zero-order chi connectivity index (χ0) is 24.5. The van der Waals surface area contributed by atoms with Gasteiger partial charge in [0.05, 0.1) is 36.7 Å². The van der Waals surface area contributed by atoms with Gasteiger partial charge < -0.3 is 15.1 Å². The largest absolute Gasteiger partial charge is 0.396 e. The number of benzene rings is 1. The van der Waals surface area contributed by atoms with Gasteiger partial charge in [0, 0.05) is 30.1 Å². The van der Waals surface area contributed by atoms with Crippen molar-refractivity contribution >= 4 is 5.91 Å². The van der Waals surface area contributed by atoms with E-state index in [9.17, 15) is 24.2 Å².